The zero-order chi connectivity index (χ0) is 9.80. The Hall–Kier alpha value is -0.870. The molecule has 1 N–H and O–H groups in total. The van der Waals surface area contributed by atoms with Gasteiger partial charge in [0.15, 0.2) is 4.96 Å². The summed E-state index contributed by atoms with van der Waals surface area (Å²) in [5, 5.41) is 5.21. The van der Waals surface area contributed by atoms with Crippen molar-refractivity contribution in [1.82, 2.24) is 14.7 Å². The van der Waals surface area contributed by atoms with E-state index >= 15 is 0 Å². The Morgan fingerprint density at radius 3 is 3.21 bits per heavy atom. The molecular weight excluding hydrogens is 194 g/mol. The van der Waals surface area contributed by atoms with Crippen molar-refractivity contribution in [3.8, 4) is 0 Å². The topological polar surface area (TPSA) is 29.3 Å². The fraction of sp³-hybridized carbons (Fsp3) is 0.500. The maximum atomic E-state index is 4.53. The molecule has 4 heteroatoms. The monoisotopic (exact) mass is 209 g/mol. The quantitative estimate of drug-likeness (QED) is 0.763. The number of aromatic nitrogens is 2. The number of nitrogens with zero attached hydrogens (tertiary/aromatic N) is 2. The van der Waals surface area contributed by atoms with Crippen LogP contribution < -0.4 is 5.32 Å². The number of fused-ring (bicyclic) bond motifs is 1. The van der Waals surface area contributed by atoms with Crippen molar-refractivity contribution >= 4 is 16.3 Å². The molecule has 0 aliphatic heterocycles. The first-order valence-electron chi connectivity index (χ1n) is 4.96. The van der Waals surface area contributed by atoms with Crippen LogP contribution in [0.3, 0.4) is 0 Å². The molecule has 3 nitrogen and oxygen atoms in total. The van der Waals surface area contributed by atoms with E-state index in [4.69, 9.17) is 0 Å². The predicted molar refractivity (Wildman–Crippen MR) is 59.9 cm³/mol. The van der Waals surface area contributed by atoms with Crippen molar-refractivity contribution in [1.29, 1.82) is 0 Å². The van der Waals surface area contributed by atoms with Gasteiger partial charge in [0.1, 0.15) is 0 Å². The van der Waals surface area contributed by atoms with Crippen LogP contribution in [-0.4, -0.2) is 23.0 Å². The van der Waals surface area contributed by atoms with Crippen LogP contribution in [0.15, 0.2) is 17.8 Å². The minimum atomic E-state index is 1.09. The number of hydrogen-bond donors (Lipinski definition) is 1. The molecular formula is C10H15N3S. The van der Waals surface area contributed by atoms with E-state index in [1.165, 1.54) is 18.5 Å². The van der Waals surface area contributed by atoms with Crippen LogP contribution in [0.5, 0.6) is 0 Å². The van der Waals surface area contributed by atoms with Crippen LogP contribution in [0.1, 0.15) is 18.5 Å². The standard InChI is InChI=1S/C10H15N3S/c1-11-5-3-2-4-9-8-13-6-7-14-10(13)12-9/h6-8,11H,2-5H2,1H3. The summed E-state index contributed by atoms with van der Waals surface area (Å²) < 4.78 is 2.10. The van der Waals surface area contributed by atoms with Crippen molar-refractivity contribution in [3.05, 3.63) is 23.5 Å². The molecule has 2 aromatic heterocycles. The Balaban J connectivity index is 1.89. The van der Waals surface area contributed by atoms with Crippen LogP contribution in [0.25, 0.3) is 4.96 Å². The van der Waals surface area contributed by atoms with E-state index in [9.17, 15) is 0 Å². The number of rotatable bonds is 5. The molecule has 2 heterocycles. The molecule has 0 aromatic carbocycles. The minimum absolute atomic E-state index is 1.09. The van der Waals surface area contributed by atoms with Gasteiger partial charge in [0.2, 0.25) is 0 Å². The van der Waals surface area contributed by atoms with Gasteiger partial charge in [0.05, 0.1) is 5.69 Å². The molecule has 0 unspecified atom stereocenters. The normalized spacial score (nSPS) is 11.2. The minimum Gasteiger partial charge on any atom is -0.320 e. The smallest absolute Gasteiger partial charge is 0.193 e. The third kappa shape index (κ3) is 2.13. The Labute approximate surface area is 87.8 Å². The Bertz CT molecular complexity index is 362. The molecule has 0 amide bonds. The summed E-state index contributed by atoms with van der Waals surface area (Å²) in [7, 11) is 1.99. The molecule has 0 aliphatic rings. The van der Waals surface area contributed by atoms with Crippen molar-refractivity contribution < 1.29 is 0 Å². The highest BCUT2D eigenvalue weighted by atomic mass is 32.1. The van der Waals surface area contributed by atoms with E-state index in [1.54, 1.807) is 11.3 Å². The summed E-state index contributed by atoms with van der Waals surface area (Å²) in [6.07, 6.45) is 7.72. The van der Waals surface area contributed by atoms with Crippen LogP contribution in [0, 0.1) is 0 Å². The van der Waals surface area contributed by atoms with E-state index in [-0.39, 0.29) is 0 Å². The van der Waals surface area contributed by atoms with Crippen molar-refractivity contribution in [2.24, 2.45) is 0 Å². The second-order valence-electron chi connectivity index (χ2n) is 3.39. The number of imidazole rings is 1. The zero-order valence-corrected chi connectivity index (χ0v) is 9.18. The Kier molecular flexibility index (Phi) is 3.16. The highest BCUT2D eigenvalue weighted by Gasteiger charge is 2.01. The second kappa shape index (κ2) is 4.57. The van der Waals surface area contributed by atoms with Gasteiger partial charge in [-0.25, -0.2) is 4.98 Å². The molecule has 2 rings (SSSR count). The number of unbranched alkanes of at least 4 members (excludes halogenated alkanes) is 1. The van der Waals surface area contributed by atoms with Gasteiger partial charge in [0, 0.05) is 17.8 Å². The molecule has 0 fully saturated rings. The number of thiazole rings is 1. The summed E-state index contributed by atoms with van der Waals surface area (Å²) in [6, 6.07) is 0. The molecule has 14 heavy (non-hydrogen) atoms. The van der Waals surface area contributed by atoms with E-state index in [0.717, 1.165) is 17.9 Å². The summed E-state index contributed by atoms with van der Waals surface area (Å²) in [4.78, 5) is 5.64. The first-order chi connectivity index (χ1) is 6.90. The maximum absolute atomic E-state index is 4.53. The van der Waals surface area contributed by atoms with Crippen molar-refractivity contribution in [3.63, 3.8) is 0 Å². The summed E-state index contributed by atoms with van der Waals surface area (Å²) in [6.45, 7) is 1.10. The second-order valence-corrected chi connectivity index (χ2v) is 4.26. The first kappa shape index (κ1) is 9.68. The largest absolute Gasteiger partial charge is 0.320 e. The number of hydrogen-bond acceptors (Lipinski definition) is 3. The Morgan fingerprint density at radius 1 is 1.50 bits per heavy atom. The molecule has 2 aromatic rings. The molecule has 0 aliphatic carbocycles. The summed E-state index contributed by atoms with van der Waals surface area (Å²) >= 11 is 1.69. The van der Waals surface area contributed by atoms with Gasteiger partial charge in [-0.05, 0) is 32.9 Å². The van der Waals surface area contributed by atoms with E-state index in [2.05, 4.69) is 32.5 Å². The van der Waals surface area contributed by atoms with Crippen LogP contribution >= 0.6 is 11.3 Å². The SMILES string of the molecule is CNCCCCc1cn2ccsc2n1. The van der Waals surface area contributed by atoms with Crippen LogP contribution in [-0.2, 0) is 6.42 Å². The lowest BCUT2D eigenvalue weighted by molar-refractivity contribution is 0.672. The van der Waals surface area contributed by atoms with Crippen molar-refractivity contribution in [2.75, 3.05) is 13.6 Å². The molecule has 0 saturated heterocycles. The summed E-state index contributed by atoms with van der Waals surface area (Å²) in [5.74, 6) is 0. The third-order valence-electron chi connectivity index (χ3n) is 2.25. The Morgan fingerprint density at radius 2 is 2.43 bits per heavy atom. The molecule has 0 saturated carbocycles. The third-order valence-corrected chi connectivity index (χ3v) is 3.02. The van der Waals surface area contributed by atoms with Gasteiger partial charge in [-0.3, -0.25) is 4.40 Å². The molecule has 0 spiro atoms. The lowest BCUT2D eigenvalue weighted by Crippen LogP contribution is -2.07. The summed E-state index contributed by atoms with van der Waals surface area (Å²) in [5.41, 5.74) is 1.22. The zero-order valence-electron chi connectivity index (χ0n) is 8.36. The van der Waals surface area contributed by atoms with Crippen molar-refractivity contribution in [2.45, 2.75) is 19.3 Å². The van der Waals surface area contributed by atoms with Gasteiger partial charge in [-0.1, -0.05) is 0 Å². The van der Waals surface area contributed by atoms with Gasteiger partial charge in [-0.2, -0.15) is 0 Å². The lowest BCUT2D eigenvalue weighted by atomic mass is 10.2. The fourth-order valence-electron chi connectivity index (χ4n) is 1.50. The molecule has 76 valence electrons. The predicted octanol–water partition coefficient (Wildman–Crippen LogP) is 1.94. The van der Waals surface area contributed by atoms with Crippen LogP contribution in [0.2, 0.25) is 0 Å². The average molecular weight is 209 g/mol. The van der Waals surface area contributed by atoms with Gasteiger partial charge in [0.25, 0.3) is 0 Å². The number of nitrogens with one attached hydrogen (secondary N) is 1. The van der Waals surface area contributed by atoms with E-state index in [0.29, 0.717) is 0 Å². The van der Waals surface area contributed by atoms with E-state index in [1.807, 2.05) is 7.05 Å². The lowest BCUT2D eigenvalue weighted by Gasteiger charge is -1.96. The van der Waals surface area contributed by atoms with Gasteiger partial charge < -0.3 is 5.32 Å². The molecule has 0 bridgehead atoms. The van der Waals surface area contributed by atoms with Crippen LogP contribution in [0.4, 0.5) is 0 Å². The van der Waals surface area contributed by atoms with E-state index < -0.39 is 0 Å². The number of aryl methyl sites for hydroxylation is 1. The fourth-order valence-corrected chi connectivity index (χ4v) is 2.22. The first-order valence-corrected chi connectivity index (χ1v) is 5.84. The average Bonchev–Trinajstić information content (AvgIpc) is 2.72. The molecule has 0 radical (unpaired) electrons. The highest BCUT2D eigenvalue weighted by molar-refractivity contribution is 7.15. The van der Waals surface area contributed by atoms with Gasteiger partial charge in [-0.15, -0.1) is 11.3 Å². The molecule has 0 atom stereocenters. The maximum Gasteiger partial charge on any atom is 0.193 e. The van der Waals surface area contributed by atoms with Gasteiger partial charge >= 0.3 is 0 Å². The highest BCUT2D eigenvalue weighted by Crippen LogP contribution is 2.12.